The van der Waals surface area contributed by atoms with Crippen LogP contribution in [0, 0.1) is 0 Å². The van der Waals surface area contributed by atoms with E-state index >= 15 is 0 Å². The third kappa shape index (κ3) is 7.51. The van der Waals surface area contributed by atoms with E-state index in [1.165, 1.54) is 11.8 Å². The lowest BCUT2D eigenvalue weighted by molar-refractivity contribution is -0.181. The van der Waals surface area contributed by atoms with Crippen LogP contribution in [0.4, 0.5) is 13.2 Å². The Labute approximate surface area is 184 Å². The molecule has 0 spiro atoms. The molecule has 1 aliphatic heterocycles. The molecular formula is C18H28F3IN4OS. The fourth-order valence-electron chi connectivity index (χ4n) is 2.88. The maximum absolute atomic E-state index is 12.9. The van der Waals surface area contributed by atoms with Crippen molar-refractivity contribution in [1.82, 2.24) is 15.1 Å². The lowest BCUT2D eigenvalue weighted by Crippen LogP contribution is -2.56. The minimum Gasteiger partial charge on any atom is -0.357 e. The number of rotatable bonds is 6. The highest BCUT2D eigenvalue weighted by Crippen LogP contribution is 2.25. The number of guanidine groups is 1. The average molecular weight is 532 g/mol. The number of benzene rings is 1. The summed E-state index contributed by atoms with van der Waals surface area (Å²) in [6.45, 7) is 5.83. The van der Waals surface area contributed by atoms with E-state index in [1.807, 2.05) is 42.2 Å². The summed E-state index contributed by atoms with van der Waals surface area (Å²) < 4.78 is 50.9. The summed E-state index contributed by atoms with van der Waals surface area (Å²) in [5.74, 6) is 1.08. The first-order valence-electron chi connectivity index (χ1n) is 9.10. The normalized spacial score (nSPS) is 18.3. The Morgan fingerprint density at radius 2 is 1.82 bits per heavy atom. The molecular weight excluding hydrogens is 504 g/mol. The second-order valence-corrected chi connectivity index (χ2v) is 7.91. The number of aliphatic imine (C=N–C) groups is 1. The Bertz CT molecular complexity index is 637. The number of piperazine rings is 1. The molecule has 1 heterocycles. The molecule has 0 aromatic heterocycles. The van der Waals surface area contributed by atoms with Crippen molar-refractivity contribution >= 4 is 40.7 Å². The number of alkyl halides is 3. The summed E-state index contributed by atoms with van der Waals surface area (Å²) in [6, 6.07) is 7.79. The van der Waals surface area contributed by atoms with Gasteiger partial charge in [0.1, 0.15) is 6.04 Å². The Morgan fingerprint density at radius 1 is 1.21 bits per heavy atom. The number of hydrogen-bond donors (Lipinski definition) is 1. The monoisotopic (exact) mass is 532 g/mol. The number of nitrogens with one attached hydrogen (secondary N) is 1. The molecule has 160 valence electrons. The predicted molar refractivity (Wildman–Crippen MR) is 118 cm³/mol. The van der Waals surface area contributed by atoms with Crippen LogP contribution >= 0.6 is 24.0 Å². The lowest BCUT2D eigenvalue weighted by atomic mass is 10.2. The number of nitrogens with zero attached hydrogens (tertiary/aromatic N) is 3. The summed E-state index contributed by atoms with van der Waals surface area (Å²) >= 11 is 0. The van der Waals surface area contributed by atoms with Crippen LogP contribution in [-0.4, -0.2) is 77.2 Å². The topological polar surface area (TPSA) is 47.9 Å². The van der Waals surface area contributed by atoms with Gasteiger partial charge >= 0.3 is 6.18 Å². The van der Waals surface area contributed by atoms with Crippen LogP contribution in [0.5, 0.6) is 0 Å². The Hall–Kier alpha value is -0.880. The Morgan fingerprint density at radius 3 is 2.36 bits per heavy atom. The molecule has 1 saturated heterocycles. The smallest absolute Gasteiger partial charge is 0.357 e. The maximum atomic E-state index is 12.9. The molecule has 1 aromatic carbocycles. The first-order chi connectivity index (χ1) is 12.8. The quantitative estimate of drug-likeness (QED) is 0.348. The lowest BCUT2D eigenvalue weighted by Gasteiger charge is -2.39. The molecule has 1 N–H and O–H groups in total. The van der Waals surface area contributed by atoms with Gasteiger partial charge in [-0.05, 0) is 26.0 Å². The van der Waals surface area contributed by atoms with E-state index in [-0.39, 0.29) is 24.0 Å². The third-order valence-electron chi connectivity index (χ3n) is 4.51. The van der Waals surface area contributed by atoms with Crippen molar-refractivity contribution in [2.24, 2.45) is 4.99 Å². The van der Waals surface area contributed by atoms with Crippen molar-refractivity contribution in [3.8, 4) is 0 Å². The maximum Gasteiger partial charge on any atom is 0.403 e. The molecule has 28 heavy (non-hydrogen) atoms. The molecule has 2 atom stereocenters. The van der Waals surface area contributed by atoms with E-state index in [1.54, 1.807) is 0 Å². The fraction of sp³-hybridized carbons (Fsp3) is 0.611. The molecule has 1 fully saturated rings. The van der Waals surface area contributed by atoms with Gasteiger partial charge in [0.25, 0.3) is 0 Å². The molecule has 5 nitrogen and oxygen atoms in total. The fourth-order valence-corrected chi connectivity index (χ4v) is 3.83. The molecule has 2 rings (SSSR count). The van der Waals surface area contributed by atoms with Crippen molar-refractivity contribution in [3.05, 3.63) is 30.3 Å². The largest absolute Gasteiger partial charge is 0.403 e. The van der Waals surface area contributed by atoms with Crippen molar-refractivity contribution in [2.45, 2.75) is 31.0 Å². The van der Waals surface area contributed by atoms with Gasteiger partial charge in [0.05, 0.1) is 17.3 Å². The van der Waals surface area contributed by atoms with Gasteiger partial charge in [-0.25, -0.2) is 0 Å². The minimum atomic E-state index is -4.21. The molecule has 0 amide bonds. The van der Waals surface area contributed by atoms with Crippen LogP contribution in [0.25, 0.3) is 0 Å². The summed E-state index contributed by atoms with van der Waals surface area (Å²) in [6.07, 6.45) is -4.21. The summed E-state index contributed by atoms with van der Waals surface area (Å²) in [5, 5.41) is 3.18. The Kier molecular flexibility index (Phi) is 10.7. The van der Waals surface area contributed by atoms with Gasteiger partial charge in [0.15, 0.2) is 5.96 Å². The van der Waals surface area contributed by atoms with Gasteiger partial charge in [-0.1, -0.05) is 18.2 Å². The van der Waals surface area contributed by atoms with Gasteiger partial charge < -0.3 is 10.2 Å². The molecule has 0 saturated carbocycles. The number of halogens is 4. The van der Waals surface area contributed by atoms with Crippen LogP contribution in [-0.2, 0) is 10.8 Å². The summed E-state index contributed by atoms with van der Waals surface area (Å²) in [4.78, 5) is 8.71. The summed E-state index contributed by atoms with van der Waals surface area (Å²) in [5.41, 5.74) is 0. The zero-order valence-electron chi connectivity index (χ0n) is 16.1. The van der Waals surface area contributed by atoms with Crippen LogP contribution in [0.3, 0.4) is 0 Å². The van der Waals surface area contributed by atoms with Crippen LogP contribution in [0.1, 0.15) is 13.8 Å². The van der Waals surface area contributed by atoms with Crippen molar-refractivity contribution < 1.29 is 17.4 Å². The van der Waals surface area contributed by atoms with Gasteiger partial charge in [0, 0.05) is 43.4 Å². The molecule has 2 unspecified atom stereocenters. The highest BCUT2D eigenvalue weighted by atomic mass is 127. The SMILES string of the molecule is CCNC(=NCCS(=O)c1ccccc1)N1CCN(C(C)C(F)(F)F)CC1.I. The first kappa shape index (κ1) is 25.2. The molecule has 0 radical (unpaired) electrons. The second-order valence-electron chi connectivity index (χ2n) is 6.34. The van der Waals surface area contributed by atoms with E-state index in [9.17, 15) is 17.4 Å². The first-order valence-corrected chi connectivity index (χ1v) is 10.4. The molecule has 0 bridgehead atoms. The molecule has 1 aliphatic rings. The van der Waals surface area contributed by atoms with Crippen LogP contribution in [0.15, 0.2) is 40.2 Å². The zero-order valence-corrected chi connectivity index (χ0v) is 19.3. The van der Waals surface area contributed by atoms with Crippen molar-refractivity contribution in [3.63, 3.8) is 0 Å². The molecule has 0 aliphatic carbocycles. The van der Waals surface area contributed by atoms with Crippen molar-refractivity contribution in [1.29, 1.82) is 0 Å². The summed E-state index contributed by atoms with van der Waals surface area (Å²) in [7, 11) is -1.12. The highest BCUT2D eigenvalue weighted by Gasteiger charge is 2.41. The van der Waals surface area contributed by atoms with Gasteiger partial charge in [-0.3, -0.25) is 14.1 Å². The van der Waals surface area contributed by atoms with E-state index in [0.29, 0.717) is 51.0 Å². The molecule has 1 aromatic rings. The van der Waals surface area contributed by atoms with E-state index in [4.69, 9.17) is 0 Å². The van der Waals surface area contributed by atoms with Crippen LogP contribution < -0.4 is 5.32 Å². The zero-order chi connectivity index (χ0) is 19.9. The average Bonchev–Trinajstić information content (AvgIpc) is 2.66. The van der Waals surface area contributed by atoms with E-state index < -0.39 is 23.0 Å². The minimum absolute atomic E-state index is 0. The van der Waals surface area contributed by atoms with Crippen molar-refractivity contribution in [2.75, 3.05) is 45.0 Å². The number of hydrogen-bond acceptors (Lipinski definition) is 3. The predicted octanol–water partition coefficient (Wildman–Crippen LogP) is 2.95. The van der Waals surface area contributed by atoms with E-state index in [2.05, 4.69) is 10.3 Å². The second kappa shape index (κ2) is 12.0. The molecule has 10 heteroatoms. The highest BCUT2D eigenvalue weighted by molar-refractivity contribution is 14.0. The third-order valence-corrected chi connectivity index (χ3v) is 5.87. The van der Waals surface area contributed by atoms with Gasteiger partial charge in [-0.15, -0.1) is 24.0 Å². The van der Waals surface area contributed by atoms with Crippen LogP contribution in [0.2, 0.25) is 0 Å². The Balaban J connectivity index is 0.00000392. The van der Waals surface area contributed by atoms with E-state index in [0.717, 1.165) is 4.90 Å². The van der Waals surface area contributed by atoms with Gasteiger partial charge in [-0.2, -0.15) is 13.2 Å². The standard InChI is InChI=1S/C18H27F3N4OS.HI/c1-3-22-17(23-9-14-27(26)16-7-5-4-6-8-16)25-12-10-24(11-13-25)15(2)18(19,20)21;/h4-8,15H,3,9-14H2,1-2H3,(H,22,23);1H. The van der Waals surface area contributed by atoms with Gasteiger partial charge in [0.2, 0.25) is 0 Å².